The molecule has 0 spiro atoms. The summed E-state index contributed by atoms with van der Waals surface area (Å²) >= 11 is 0. The Bertz CT molecular complexity index is 1200. The first-order valence-electron chi connectivity index (χ1n) is 8.57. The number of anilines is 1. The van der Waals surface area contributed by atoms with Gasteiger partial charge in [0.15, 0.2) is 0 Å². The molecule has 9 heteroatoms. The highest BCUT2D eigenvalue weighted by Gasteiger charge is 2.32. The summed E-state index contributed by atoms with van der Waals surface area (Å²) in [5.74, 6) is 0.00188. The highest BCUT2D eigenvalue weighted by molar-refractivity contribution is 6.04. The number of carbonyl (C=O) groups is 1. The smallest absolute Gasteiger partial charge is 0.322 e. The van der Waals surface area contributed by atoms with Crippen LogP contribution in [0.5, 0.6) is 0 Å². The van der Waals surface area contributed by atoms with Crippen molar-refractivity contribution in [3.63, 3.8) is 0 Å². The standard InChI is InChI=1S/C20H14F3N5O/c1-12-17(27-19-24-8-3-9-28(12)19)13-4-2-5-15(10-13)26-18(29)14-6-7-16(25-11-14)20(21,22)23/h2-11H,1H3,(H,26,29). The SMILES string of the molecule is Cc1c(-c2cccc(NC(=O)c3ccc(C(F)(F)F)nc3)c2)nc2ncccn12. The molecule has 1 amide bonds. The Morgan fingerprint density at radius 3 is 2.62 bits per heavy atom. The van der Waals surface area contributed by atoms with Crippen molar-refractivity contribution in [2.45, 2.75) is 13.1 Å². The molecule has 4 aromatic rings. The van der Waals surface area contributed by atoms with Gasteiger partial charge in [-0.2, -0.15) is 13.2 Å². The van der Waals surface area contributed by atoms with Crippen molar-refractivity contribution in [3.8, 4) is 11.3 Å². The second kappa shape index (κ2) is 7.01. The molecule has 3 heterocycles. The van der Waals surface area contributed by atoms with Gasteiger partial charge in [-0.25, -0.2) is 9.97 Å². The van der Waals surface area contributed by atoms with Crippen molar-refractivity contribution in [2.24, 2.45) is 0 Å². The number of alkyl halides is 3. The van der Waals surface area contributed by atoms with Gasteiger partial charge in [-0.3, -0.25) is 14.2 Å². The maximum absolute atomic E-state index is 12.6. The first-order chi connectivity index (χ1) is 13.8. The molecule has 3 aromatic heterocycles. The summed E-state index contributed by atoms with van der Waals surface area (Å²) in [6, 6.07) is 10.7. The summed E-state index contributed by atoms with van der Waals surface area (Å²) in [6.07, 6.45) is -0.137. The Morgan fingerprint density at radius 2 is 1.93 bits per heavy atom. The van der Waals surface area contributed by atoms with Crippen molar-refractivity contribution in [1.82, 2.24) is 19.4 Å². The summed E-state index contributed by atoms with van der Waals surface area (Å²) in [6.45, 7) is 1.91. The minimum absolute atomic E-state index is 0.0245. The van der Waals surface area contributed by atoms with Crippen LogP contribution in [-0.4, -0.2) is 25.3 Å². The molecular weight excluding hydrogens is 383 g/mol. The second-order valence-electron chi connectivity index (χ2n) is 6.30. The first kappa shape index (κ1) is 18.6. The van der Waals surface area contributed by atoms with Crippen molar-refractivity contribution in [3.05, 3.63) is 78.0 Å². The zero-order valence-corrected chi connectivity index (χ0v) is 15.1. The van der Waals surface area contributed by atoms with Crippen molar-refractivity contribution in [2.75, 3.05) is 5.32 Å². The number of hydrogen-bond donors (Lipinski definition) is 1. The number of halogens is 3. The summed E-state index contributed by atoms with van der Waals surface area (Å²) < 4.78 is 39.7. The molecule has 146 valence electrons. The molecule has 0 aliphatic carbocycles. The predicted octanol–water partition coefficient (Wildman–Crippen LogP) is 4.37. The lowest BCUT2D eigenvalue weighted by Crippen LogP contribution is -2.14. The zero-order chi connectivity index (χ0) is 20.6. The van der Waals surface area contributed by atoms with E-state index in [0.29, 0.717) is 11.5 Å². The molecule has 0 radical (unpaired) electrons. The van der Waals surface area contributed by atoms with Gasteiger partial charge < -0.3 is 5.32 Å². The van der Waals surface area contributed by atoms with E-state index in [-0.39, 0.29) is 5.56 Å². The molecule has 1 N–H and O–H groups in total. The van der Waals surface area contributed by atoms with E-state index in [1.807, 2.05) is 23.6 Å². The molecule has 0 unspecified atom stereocenters. The van der Waals surface area contributed by atoms with Crippen LogP contribution < -0.4 is 5.32 Å². The van der Waals surface area contributed by atoms with Crippen molar-refractivity contribution < 1.29 is 18.0 Å². The van der Waals surface area contributed by atoms with Crippen LogP contribution in [0, 0.1) is 6.92 Å². The number of fused-ring (bicyclic) bond motifs is 1. The number of benzene rings is 1. The summed E-state index contributed by atoms with van der Waals surface area (Å²) in [5, 5.41) is 2.67. The molecule has 0 aliphatic heterocycles. The van der Waals surface area contributed by atoms with Gasteiger partial charge >= 0.3 is 6.18 Å². The number of carbonyl (C=O) groups excluding carboxylic acids is 1. The monoisotopic (exact) mass is 397 g/mol. The maximum atomic E-state index is 12.6. The topological polar surface area (TPSA) is 72.2 Å². The van der Waals surface area contributed by atoms with Crippen molar-refractivity contribution in [1.29, 1.82) is 0 Å². The third kappa shape index (κ3) is 3.66. The molecule has 0 bridgehead atoms. The number of amides is 1. The fourth-order valence-corrected chi connectivity index (χ4v) is 2.92. The number of nitrogens with one attached hydrogen (secondary N) is 1. The van der Waals surface area contributed by atoms with Crippen LogP contribution in [0.2, 0.25) is 0 Å². The lowest BCUT2D eigenvalue weighted by atomic mass is 10.1. The van der Waals surface area contributed by atoms with Crippen LogP contribution in [0.25, 0.3) is 17.0 Å². The molecule has 0 aliphatic rings. The highest BCUT2D eigenvalue weighted by Crippen LogP contribution is 2.28. The third-order valence-electron chi connectivity index (χ3n) is 4.35. The van der Waals surface area contributed by atoms with E-state index >= 15 is 0 Å². The molecule has 0 fully saturated rings. The van der Waals surface area contributed by atoms with Crippen molar-refractivity contribution >= 4 is 17.4 Å². The normalized spacial score (nSPS) is 11.6. The van der Waals surface area contributed by atoms with E-state index in [9.17, 15) is 18.0 Å². The number of aromatic nitrogens is 4. The van der Waals surface area contributed by atoms with Gasteiger partial charge in [0.25, 0.3) is 5.91 Å². The number of imidazole rings is 1. The van der Waals surface area contributed by atoms with E-state index in [4.69, 9.17) is 0 Å². The number of nitrogens with zero attached hydrogens (tertiary/aromatic N) is 4. The first-order valence-corrected chi connectivity index (χ1v) is 8.57. The average molecular weight is 397 g/mol. The maximum Gasteiger partial charge on any atom is 0.433 e. The van der Waals surface area contributed by atoms with Crippen LogP contribution in [0.3, 0.4) is 0 Å². The number of hydrogen-bond acceptors (Lipinski definition) is 4. The van der Waals surface area contributed by atoms with Crippen LogP contribution in [0.15, 0.2) is 61.1 Å². The molecule has 0 saturated carbocycles. The molecule has 0 saturated heterocycles. The summed E-state index contributed by atoms with van der Waals surface area (Å²) in [5.41, 5.74) is 1.84. The highest BCUT2D eigenvalue weighted by atomic mass is 19.4. The van der Waals surface area contributed by atoms with E-state index in [1.165, 1.54) is 0 Å². The van der Waals surface area contributed by atoms with Crippen LogP contribution in [0.1, 0.15) is 21.7 Å². The number of rotatable bonds is 3. The number of aryl methyl sites for hydroxylation is 1. The van der Waals surface area contributed by atoms with Crippen LogP contribution in [0.4, 0.5) is 18.9 Å². The van der Waals surface area contributed by atoms with Gasteiger partial charge in [-0.05, 0) is 37.3 Å². The van der Waals surface area contributed by atoms with Gasteiger partial charge in [-0.15, -0.1) is 0 Å². The second-order valence-corrected chi connectivity index (χ2v) is 6.30. The van der Waals surface area contributed by atoms with Gasteiger partial charge in [-0.1, -0.05) is 12.1 Å². The Kier molecular flexibility index (Phi) is 4.50. The van der Waals surface area contributed by atoms with E-state index in [1.54, 1.807) is 30.5 Å². The van der Waals surface area contributed by atoms with Crippen LogP contribution >= 0.6 is 0 Å². The van der Waals surface area contributed by atoms with E-state index in [2.05, 4.69) is 20.3 Å². The fraction of sp³-hybridized carbons (Fsp3) is 0.100. The van der Waals surface area contributed by atoms with Gasteiger partial charge in [0.05, 0.1) is 11.3 Å². The molecule has 0 atom stereocenters. The molecule has 6 nitrogen and oxygen atoms in total. The van der Waals surface area contributed by atoms with Gasteiger partial charge in [0.1, 0.15) is 5.69 Å². The van der Waals surface area contributed by atoms with Crippen LogP contribution in [-0.2, 0) is 6.18 Å². The summed E-state index contributed by atoms with van der Waals surface area (Å²) in [7, 11) is 0. The Balaban J connectivity index is 1.59. The minimum atomic E-state index is -4.55. The fourth-order valence-electron chi connectivity index (χ4n) is 2.92. The minimum Gasteiger partial charge on any atom is -0.322 e. The summed E-state index contributed by atoms with van der Waals surface area (Å²) in [4.78, 5) is 24.4. The van der Waals surface area contributed by atoms with E-state index < -0.39 is 17.8 Å². The zero-order valence-electron chi connectivity index (χ0n) is 15.1. The third-order valence-corrected chi connectivity index (χ3v) is 4.35. The Hall–Kier alpha value is -3.75. The largest absolute Gasteiger partial charge is 0.433 e. The van der Waals surface area contributed by atoms with Gasteiger partial charge in [0.2, 0.25) is 5.78 Å². The lowest BCUT2D eigenvalue weighted by Gasteiger charge is -2.09. The Morgan fingerprint density at radius 1 is 1.10 bits per heavy atom. The number of pyridine rings is 1. The molecule has 4 rings (SSSR count). The predicted molar refractivity (Wildman–Crippen MR) is 100 cm³/mol. The Labute approximate surface area is 163 Å². The van der Waals surface area contributed by atoms with E-state index in [0.717, 1.165) is 35.3 Å². The molecule has 29 heavy (non-hydrogen) atoms. The molecular formula is C20H14F3N5O. The quantitative estimate of drug-likeness (QED) is 0.557. The molecule has 1 aromatic carbocycles. The van der Waals surface area contributed by atoms with Gasteiger partial charge in [0, 0.05) is 35.5 Å². The lowest BCUT2D eigenvalue weighted by molar-refractivity contribution is -0.141. The average Bonchev–Trinajstić information content (AvgIpc) is 3.05.